The van der Waals surface area contributed by atoms with Crippen LogP contribution in [-0.2, 0) is 27.3 Å². The highest BCUT2D eigenvalue weighted by atomic mass is 16.6. The third-order valence-electron chi connectivity index (χ3n) is 8.17. The topological polar surface area (TPSA) is 51.2 Å². The molecule has 0 spiro atoms. The molecule has 2 aromatic carbocycles. The molecule has 2 fully saturated rings. The van der Waals surface area contributed by atoms with E-state index in [0.29, 0.717) is 25.4 Å². The predicted molar refractivity (Wildman–Crippen MR) is 160 cm³/mol. The normalized spacial score (nSPS) is 25.6. The summed E-state index contributed by atoms with van der Waals surface area (Å²) in [5, 5.41) is 0. The third-order valence-corrected chi connectivity index (χ3v) is 8.17. The fraction of sp³-hybridized carbons (Fsp3) is 0.618. The Kier molecular flexibility index (Phi) is 11.1. The van der Waals surface area contributed by atoms with Crippen LogP contribution in [0.1, 0.15) is 84.3 Å². The lowest BCUT2D eigenvalue weighted by molar-refractivity contribution is -0.0713. The van der Waals surface area contributed by atoms with Crippen molar-refractivity contribution in [1.29, 1.82) is 0 Å². The SMILES string of the molecule is CC1CC(OCCOC2CCC(N(Cc3ccccc3)Cc3ccccc3)CC2)CC(C)N1C(=O)OC(C)(C)C. The number of nitrogens with zero attached hydrogens (tertiary/aromatic N) is 2. The van der Waals surface area contributed by atoms with E-state index in [1.807, 2.05) is 25.7 Å². The number of hydrogen-bond donors (Lipinski definition) is 0. The van der Waals surface area contributed by atoms with Crippen LogP contribution in [0.2, 0.25) is 0 Å². The summed E-state index contributed by atoms with van der Waals surface area (Å²) in [6.45, 7) is 13.1. The van der Waals surface area contributed by atoms with Crippen molar-refractivity contribution in [2.45, 2.75) is 122 Å². The smallest absolute Gasteiger partial charge is 0.410 e. The minimum atomic E-state index is -0.484. The Bertz CT molecular complexity index is 964. The summed E-state index contributed by atoms with van der Waals surface area (Å²) in [6.07, 6.45) is 6.37. The quantitative estimate of drug-likeness (QED) is 0.293. The number of amides is 1. The van der Waals surface area contributed by atoms with Crippen LogP contribution < -0.4 is 0 Å². The Labute approximate surface area is 242 Å². The standard InChI is InChI=1S/C34H50N2O4/c1-26-22-32(23-27(2)36(26)33(37)40-34(3,4)5)39-21-20-38-31-18-16-30(17-19-31)35(24-28-12-8-6-9-13-28)25-29-14-10-7-11-15-29/h6-15,26-27,30-32H,16-25H2,1-5H3. The monoisotopic (exact) mass is 550 g/mol. The van der Waals surface area contributed by atoms with Crippen LogP contribution in [0.25, 0.3) is 0 Å². The highest BCUT2D eigenvalue weighted by Crippen LogP contribution is 2.29. The van der Waals surface area contributed by atoms with Crippen molar-refractivity contribution < 1.29 is 19.0 Å². The summed E-state index contributed by atoms with van der Waals surface area (Å²) in [5.74, 6) is 0. The minimum Gasteiger partial charge on any atom is -0.444 e. The number of carbonyl (C=O) groups excluding carboxylic acids is 1. The molecule has 6 nitrogen and oxygen atoms in total. The van der Waals surface area contributed by atoms with Crippen LogP contribution in [0, 0.1) is 0 Å². The Balaban J connectivity index is 1.18. The maximum absolute atomic E-state index is 12.7. The lowest BCUT2D eigenvalue weighted by Gasteiger charge is -2.42. The highest BCUT2D eigenvalue weighted by Gasteiger charge is 2.37. The molecular weight excluding hydrogens is 500 g/mol. The first-order valence-electron chi connectivity index (χ1n) is 15.2. The Morgan fingerprint density at radius 3 is 1.73 bits per heavy atom. The van der Waals surface area contributed by atoms with Crippen molar-refractivity contribution in [3.8, 4) is 0 Å². The van der Waals surface area contributed by atoms with Crippen LogP contribution in [0.15, 0.2) is 60.7 Å². The van der Waals surface area contributed by atoms with Crippen molar-refractivity contribution in [3.05, 3.63) is 71.8 Å². The summed E-state index contributed by atoms with van der Waals surface area (Å²) in [4.78, 5) is 17.2. The second kappa shape index (κ2) is 14.5. The average Bonchev–Trinajstić information content (AvgIpc) is 2.91. The van der Waals surface area contributed by atoms with Gasteiger partial charge in [-0.25, -0.2) is 4.79 Å². The molecule has 1 aliphatic carbocycles. The van der Waals surface area contributed by atoms with E-state index >= 15 is 0 Å². The van der Waals surface area contributed by atoms with Gasteiger partial charge in [0.15, 0.2) is 0 Å². The zero-order valence-corrected chi connectivity index (χ0v) is 25.3. The summed E-state index contributed by atoms with van der Waals surface area (Å²) in [5.41, 5.74) is 2.26. The van der Waals surface area contributed by atoms with Gasteiger partial charge >= 0.3 is 6.09 Å². The van der Waals surface area contributed by atoms with Crippen LogP contribution in [0.3, 0.4) is 0 Å². The molecule has 1 saturated carbocycles. The van der Waals surface area contributed by atoms with Gasteiger partial charge < -0.3 is 19.1 Å². The van der Waals surface area contributed by atoms with Gasteiger partial charge in [0, 0.05) is 31.2 Å². The lowest BCUT2D eigenvalue weighted by atomic mass is 9.91. The minimum absolute atomic E-state index is 0.0921. The number of carbonyl (C=O) groups is 1. The summed E-state index contributed by atoms with van der Waals surface area (Å²) >= 11 is 0. The molecule has 6 heteroatoms. The van der Waals surface area contributed by atoms with Gasteiger partial charge in [0.05, 0.1) is 25.4 Å². The molecule has 2 aromatic rings. The molecule has 2 aliphatic rings. The average molecular weight is 551 g/mol. The third kappa shape index (κ3) is 9.32. The van der Waals surface area contributed by atoms with Crippen molar-refractivity contribution >= 4 is 6.09 Å². The van der Waals surface area contributed by atoms with E-state index < -0.39 is 5.60 Å². The molecule has 2 atom stereocenters. The second-order valence-corrected chi connectivity index (χ2v) is 12.7. The van der Waals surface area contributed by atoms with Crippen LogP contribution >= 0.6 is 0 Å². The second-order valence-electron chi connectivity index (χ2n) is 12.7. The van der Waals surface area contributed by atoms with Gasteiger partial charge in [0.25, 0.3) is 0 Å². The fourth-order valence-corrected chi connectivity index (χ4v) is 6.29. The van der Waals surface area contributed by atoms with Gasteiger partial charge in [-0.05, 0) is 84.3 Å². The number of likely N-dealkylation sites (tertiary alicyclic amines) is 1. The van der Waals surface area contributed by atoms with E-state index in [2.05, 4.69) is 79.4 Å². The molecule has 1 heterocycles. The molecule has 0 radical (unpaired) electrons. The van der Waals surface area contributed by atoms with Crippen molar-refractivity contribution in [2.75, 3.05) is 13.2 Å². The summed E-state index contributed by atoms with van der Waals surface area (Å²) < 4.78 is 18.1. The number of piperidine rings is 1. The van der Waals surface area contributed by atoms with Gasteiger partial charge in [-0.3, -0.25) is 4.90 Å². The Morgan fingerprint density at radius 2 is 1.25 bits per heavy atom. The van der Waals surface area contributed by atoms with E-state index in [4.69, 9.17) is 14.2 Å². The Morgan fingerprint density at radius 1 is 0.775 bits per heavy atom. The van der Waals surface area contributed by atoms with E-state index in [9.17, 15) is 4.79 Å². The summed E-state index contributed by atoms with van der Waals surface area (Å²) in [7, 11) is 0. The molecule has 40 heavy (non-hydrogen) atoms. The zero-order valence-electron chi connectivity index (χ0n) is 25.3. The van der Waals surface area contributed by atoms with Crippen LogP contribution in [0.4, 0.5) is 4.79 Å². The van der Waals surface area contributed by atoms with Crippen LogP contribution in [0.5, 0.6) is 0 Å². The molecular formula is C34H50N2O4. The number of rotatable bonds is 10. The molecule has 1 aliphatic heterocycles. The number of ether oxygens (including phenoxy) is 3. The summed E-state index contributed by atoms with van der Waals surface area (Å²) in [6, 6.07) is 22.4. The molecule has 1 saturated heterocycles. The largest absolute Gasteiger partial charge is 0.444 e. The maximum Gasteiger partial charge on any atom is 0.410 e. The first-order valence-corrected chi connectivity index (χ1v) is 15.2. The lowest BCUT2D eigenvalue weighted by Crippen LogP contribution is -2.53. The fourth-order valence-electron chi connectivity index (χ4n) is 6.29. The Hall–Kier alpha value is -2.41. The van der Waals surface area contributed by atoms with E-state index in [1.54, 1.807) is 0 Å². The van der Waals surface area contributed by atoms with E-state index in [1.165, 1.54) is 11.1 Å². The number of benzene rings is 2. The van der Waals surface area contributed by atoms with Crippen molar-refractivity contribution in [2.24, 2.45) is 0 Å². The first kappa shape index (κ1) is 30.5. The first-order chi connectivity index (χ1) is 19.2. The highest BCUT2D eigenvalue weighted by molar-refractivity contribution is 5.69. The predicted octanol–water partition coefficient (Wildman–Crippen LogP) is 7.21. The molecule has 1 amide bonds. The van der Waals surface area contributed by atoms with E-state index in [0.717, 1.165) is 51.6 Å². The van der Waals surface area contributed by atoms with Crippen molar-refractivity contribution in [1.82, 2.24) is 9.80 Å². The van der Waals surface area contributed by atoms with Gasteiger partial charge in [-0.2, -0.15) is 0 Å². The molecule has 0 aromatic heterocycles. The van der Waals surface area contributed by atoms with Gasteiger partial charge in [-0.15, -0.1) is 0 Å². The van der Waals surface area contributed by atoms with Gasteiger partial charge in [0.1, 0.15) is 5.60 Å². The molecule has 4 rings (SSSR count). The van der Waals surface area contributed by atoms with E-state index in [-0.39, 0.29) is 24.3 Å². The van der Waals surface area contributed by atoms with Crippen LogP contribution in [-0.4, -0.2) is 65.0 Å². The van der Waals surface area contributed by atoms with Crippen molar-refractivity contribution in [3.63, 3.8) is 0 Å². The molecule has 220 valence electrons. The van der Waals surface area contributed by atoms with Gasteiger partial charge in [0.2, 0.25) is 0 Å². The van der Waals surface area contributed by atoms with Gasteiger partial charge in [-0.1, -0.05) is 60.7 Å². The molecule has 0 bridgehead atoms. The molecule has 0 N–H and O–H groups in total. The molecule has 2 unspecified atom stereocenters. The zero-order chi connectivity index (χ0) is 28.5. The maximum atomic E-state index is 12.7. The number of hydrogen-bond acceptors (Lipinski definition) is 5.